The van der Waals surface area contributed by atoms with Crippen molar-refractivity contribution < 1.29 is 8.42 Å². The van der Waals surface area contributed by atoms with Gasteiger partial charge in [-0.25, -0.2) is 18.1 Å². The standard InChI is InChI=1S/C19H21N3O2S/c1-14-4-9-19(12-15(14)2)25(23,24)21-16(3)17-5-7-18(8-6-17)22-11-10-20-13-22/h4-13,16,21H,1-3H3/t16-/m0/s1. The SMILES string of the molecule is Cc1ccc(S(=O)(=O)N[C@@H](C)c2ccc(-n3ccnc3)cc2)cc1C. The first-order valence-corrected chi connectivity index (χ1v) is 9.53. The number of sulfonamides is 1. The second kappa shape index (κ2) is 6.82. The second-order valence-electron chi connectivity index (χ2n) is 6.15. The van der Waals surface area contributed by atoms with Gasteiger partial charge in [0.15, 0.2) is 0 Å². The van der Waals surface area contributed by atoms with E-state index in [1.807, 2.05) is 61.9 Å². The summed E-state index contributed by atoms with van der Waals surface area (Å²) in [7, 11) is -3.57. The number of aromatic nitrogens is 2. The maximum absolute atomic E-state index is 12.6. The van der Waals surface area contributed by atoms with E-state index in [9.17, 15) is 8.42 Å². The van der Waals surface area contributed by atoms with E-state index in [1.54, 1.807) is 24.7 Å². The summed E-state index contributed by atoms with van der Waals surface area (Å²) in [6.07, 6.45) is 5.30. The molecule has 5 nitrogen and oxygen atoms in total. The van der Waals surface area contributed by atoms with Crippen LogP contribution in [0.25, 0.3) is 5.69 Å². The molecule has 130 valence electrons. The van der Waals surface area contributed by atoms with Gasteiger partial charge in [-0.05, 0) is 61.7 Å². The van der Waals surface area contributed by atoms with E-state index in [2.05, 4.69) is 9.71 Å². The zero-order valence-corrected chi connectivity index (χ0v) is 15.3. The molecule has 1 N–H and O–H groups in total. The molecule has 0 aliphatic heterocycles. The molecule has 3 rings (SSSR count). The predicted molar refractivity (Wildman–Crippen MR) is 98.2 cm³/mol. The van der Waals surface area contributed by atoms with Crippen LogP contribution in [0.1, 0.15) is 29.7 Å². The fourth-order valence-corrected chi connectivity index (χ4v) is 3.91. The van der Waals surface area contributed by atoms with Gasteiger partial charge in [-0.1, -0.05) is 18.2 Å². The van der Waals surface area contributed by atoms with Gasteiger partial charge in [0.05, 0.1) is 11.2 Å². The van der Waals surface area contributed by atoms with Crippen molar-refractivity contribution in [3.05, 3.63) is 77.9 Å². The largest absolute Gasteiger partial charge is 0.306 e. The Morgan fingerprint density at radius 2 is 1.76 bits per heavy atom. The molecular weight excluding hydrogens is 334 g/mol. The minimum Gasteiger partial charge on any atom is -0.306 e. The van der Waals surface area contributed by atoms with Gasteiger partial charge in [0.1, 0.15) is 0 Å². The van der Waals surface area contributed by atoms with Crippen molar-refractivity contribution in [2.45, 2.75) is 31.7 Å². The topological polar surface area (TPSA) is 64.0 Å². The van der Waals surface area contributed by atoms with Gasteiger partial charge in [-0.2, -0.15) is 0 Å². The molecule has 1 atom stereocenters. The van der Waals surface area contributed by atoms with Crippen LogP contribution in [0, 0.1) is 13.8 Å². The van der Waals surface area contributed by atoms with Gasteiger partial charge in [0, 0.05) is 24.1 Å². The summed E-state index contributed by atoms with van der Waals surface area (Å²) in [5.41, 5.74) is 3.91. The highest BCUT2D eigenvalue weighted by molar-refractivity contribution is 7.89. The van der Waals surface area contributed by atoms with E-state index in [0.29, 0.717) is 0 Å². The third-order valence-electron chi connectivity index (χ3n) is 4.32. The molecule has 25 heavy (non-hydrogen) atoms. The van der Waals surface area contributed by atoms with E-state index in [0.717, 1.165) is 22.4 Å². The lowest BCUT2D eigenvalue weighted by atomic mass is 10.1. The summed E-state index contributed by atoms with van der Waals surface area (Å²) in [5.74, 6) is 0. The van der Waals surface area contributed by atoms with Crippen molar-refractivity contribution in [2.75, 3.05) is 0 Å². The molecule has 0 unspecified atom stereocenters. The number of imidazole rings is 1. The summed E-state index contributed by atoms with van der Waals surface area (Å²) in [6.45, 7) is 5.71. The third kappa shape index (κ3) is 3.81. The molecule has 0 saturated carbocycles. The van der Waals surface area contributed by atoms with Gasteiger partial charge in [0.25, 0.3) is 0 Å². The lowest BCUT2D eigenvalue weighted by Gasteiger charge is -2.16. The van der Waals surface area contributed by atoms with Crippen LogP contribution in [0.3, 0.4) is 0 Å². The van der Waals surface area contributed by atoms with Gasteiger partial charge >= 0.3 is 0 Å². The number of nitrogens with one attached hydrogen (secondary N) is 1. The van der Waals surface area contributed by atoms with Crippen LogP contribution in [0.4, 0.5) is 0 Å². The Morgan fingerprint density at radius 3 is 2.36 bits per heavy atom. The lowest BCUT2D eigenvalue weighted by Crippen LogP contribution is -2.27. The summed E-state index contributed by atoms with van der Waals surface area (Å²) >= 11 is 0. The summed E-state index contributed by atoms with van der Waals surface area (Å²) in [6, 6.07) is 12.6. The molecule has 2 aromatic carbocycles. The van der Waals surface area contributed by atoms with E-state index in [1.165, 1.54) is 0 Å². The molecular formula is C19H21N3O2S. The molecule has 6 heteroatoms. The maximum atomic E-state index is 12.6. The Hall–Kier alpha value is -2.44. The molecule has 0 amide bonds. The van der Waals surface area contributed by atoms with Crippen molar-refractivity contribution in [3.8, 4) is 5.69 Å². The zero-order valence-electron chi connectivity index (χ0n) is 14.5. The number of aryl methyl sites for hydroxylation is 2. The quantitative estimate of drug-likeness (QED) is 0.761. The first-order chi connectivity index (χ1) is 11.9. The first kappa shape index (κ1) is 17.4. The number of hydrogen-bond donors (Lipinski definition) is 1. The minimum absolute atomic E-state index is 0.289. The normalized spacial score (nSPS) is 12.9. The maximum Gasteiger partial charge on any atom is 0.241 e. The van der Waals surface area contributed by atoms with Gasteiger partial charge in [-0.15, -0.1) is 0 Å². The van der Waals surface area contributed by atoms with E-state index in [-0.39, 0.29) is 10.9 Å². The summed E-state index contributed by atoms with van der Waals surface area (Å²) < 4.78 is 29.9. The second-order valence-corrected chi connectivity index (χ2v) is 7.86. The molecule has 0 aliphatic rings. The van der Waals surface area contributed by atoms with Crippen molar-refractivity contribution in [3.63, 3.8) is 0 Å². The smallest absolute Gasteiger partial charge is 0.241 e. The third-order valence-corrected chi connectivity index (χ3v) is 5.85. The molecule has 1 heterocycles. The number of hydrogen-bond acceptors (Lipinski definition) is 3. The fourth-order valence-electron chi connectivity index (χ4n) is 2.60. The van der Waals surface area contributed by atoms with E-state index >= 15 is 0 Å². The molecule has 0 aliphatic carbocycles. The Bertz CT molecular complexity index is 962. The predicted octanol–water partition coefficient (Wildman–Crippen LogP) is 3.53. The Balaban J connectivity index is 1.78. The fraction of sp³-hybridized carbons (Fsp3) is 0.211. The van der Waals surface area contributed by atoms with Crippen molar-refractivity contribution in [1.82, 2.24) is 14.3 Å². The molecule has 0 fully saturated rings. The number of rotatable bonds is 5. The van der Waals surface area contributed by atoms with Crippen molar-refractivity contribution in [1.29, 1.82) is 0 Å². The van der Waals surface area contributed by atoms with Crippen LogP contribution < -0.4 is 4.72 Å². The van der Waals surface area contributed by atoms with Gasteiger partial charge in [-0.3, -0.25) is 0 Å². The zero-order chi connectivity index (χ0) is 18.0. The minimum atomic E-state index is -3.57. The highest BCUT2D eigenvalue weighted by Crippen LogP contribution is 2.20. The highest BCUT2D eigenvalue weighted by atomic mass is 32.2. The average molecular weight is 355 g/mol. The molecule has 0 saturated heterocycles. The van der Waals surface area contributed by atoms with Crippen LogP contribution in [0.15, 0.2) is 66.1 Å². The lowest BCUT2D eigenvalue weighted by molar-refractivity contribution is 0.567. The van der Waals surface area contributed by atoms with Crippen LogP contribution in [0.2, 0.25) is 0 Å². The monoisotopic (exact) mass is 355 g/mol. The van der Waals surface area contributed by atoms with Crippen LogP contribution >= 0.6 is 0 Å². The molecule has 0 spiro atoms. The Kier molecular flexibility index (Phi) is 4.74. The summed E-state index contributed by atoms with van der Waals surface area (Å²) in [4.78, 5) is 4.31. The van der Waals surface area contributed by atoms with Gasteiger partial charge < -0.3 is 4.57 Å². The number of benzene rings is 2. The highest BCUT2D eigenvalue weighted by Gasteiger charge is 2.18. The Labute approximate surface area is 148 Å². The molecule has 1 aromatic heterocycles. The molecule has 0 bridgehead atoms. The Morgan fingerprint density at radius 1 is 1.04 bits per heavy atom. The first-order valence-electron chi connectivity index (χ1n) is 8.05. The summed E-state index contributed by atoms with van der Waals surface area (Å²) in [5, 5.41) is 0. The van der Waals surface area contributed by atoms with Crippen LogP contribution in [-0.4, -0.2) is 18.0 Å². The van der Waals surface area contributed by atoms with Crippen molar-refractivity contribution in [2.24, 2.45) is 0 Å². The molecule has 3 aromatic rings. The van der Waals surface area contributed by atoms with Crippen LogP contribution in [0.5, 0.6) is 0 Å². The van der Waals surface area contributed by atoms with Gasteiger partial charge in [0.2, 0.25) is 10.0 Å². The van der Waals surface area contributed by atoms with Crippen molar-refractivity contribution >= 4 is 10.0 Å². The van der Waals surface area contributed by atoms with Crippen LogP contribution in [-0.2, 0) is 10.0 Å². The molecule has 0 radical (unpaired) electrons. The average Bonchev–Trinajstić information content (AvgIpc) is 3.11. The van der Waals surface area contributed by atoms with E-state index in [4.69, 9.17) is 0 Å². The number of nitrogens with zero attached hydrogens (tertiary/aromatic N) is 2. The van der Waals surface area contributed by atoms with E-state index < -0.39 is 10.0 Å².